The lowest BCUT2D eigenvalue weighted by molar-refractivity contribution is 1.07. The first kappa shape index (κ1) is 28.6. The van der Waals surface area contributed by atoms with Crippen LogP contribution in [0.5, 0.6) is 0 Å². The minimum absolute atomic E-state index is 0.601. The SMILES string of the molecule is N#Cc1ccc(-c2nc3ccccc3nc2-c2cccc(-c3ccc(-c4nc(-c5ccccc5)nc(-c5ccccc5)n4)cc3)c2)cc1. The molecule has 0 N–H and O–H groups in total. The second-order valence-corrected chi connectivity index (χ2v) is 11.3. The summed E-state index contributed by atoms with van der Waals surface area (Å²) in [6.07, 6.45) is 0. The van der Waals surface area contributed by atoms with Gasteiger partial charge in [-0.1, -0.05) is 127 Å². The van der Waals surface area contributed by atoms with Crippen LogP contribution in [-0.2, 0) is 0 Å². The van der Waals surface area contributed by atoms with Crippen molar-refractivity contribution in [3.63, 3.8) is 0 Å². The number of aromatic nitrogens is 5. The van der Waals surface area contributed by atoms with Crippen LogP contribution in [0.3, 0.4) is 0 Å². The molecular formula is C42H26N6. The highest BCUT2D eigenvalue weighted by molar-refractivity contribution is 5.87. The minimum Gasteiger partial charge on any atom is -0.244 e. The zero-order valence-electron chi connectivity index (χ0n) is 25.7. The first-order valence-corrected chi connectivity index (χ1v) is 15.6. The van der Waals surface area contributed by atoms with E-state index < -0.39 is 0 Å². The number of fused-ring (bicyclic) bond motifs is 1. The average molecular weight is 615 g/mol. The highest BCUT2D eigenvalue weighted by Crippen LogP contribution is 2.34. The van der Waals surface area contributed by atoms with Crippen LogP contribution in [0.4, 0.5) is 0 Å². The van der Waals surface area contributed by atoms with E-state index in [-0.39, 0.29) is 0 Å². The predicted molar refractivity (Wildman–Crippen MR) is 190 cm³/mol. The highest BCUT2D eigenvalue weighted by atomic mass is 15.0. The lowest BCUT2D eigenvalue weighted by atomic mass is 9.98. The summed E-state index contributed by atoms with van der Waals surface area (Å²) in [6, 6.07) is 54.1. The Kier molecular flexibility index (Phi) is 7.46. The van der Waals surface area contributed by atoms with Gasteiger partial charge in [0.2, 0.25) is 0 Å². The zero-order valence-corrected chi connectivity index (χ0v) is 25.7. The van der Waals surface area contributed by atoms with E-state index in [4.69, 9.17) is 24.9 Å². The molecule has 0 amide bonds. The second-order valence-electron chi connectivity index (χ2n) is 11.3. The molecule has 8 aromatic rings. The van der Waals surface area contributed by atoms with E-state index in [0.29, 0.717) is 23.0 Å². The van der Waals surface area contributed by atoms with Crippen LogP contribution in [0.15, 0.2) is 158 Å². The van der Waals surface area contributed by atoms with Crippen molar-refractivity contribution in [2.45, 2.75) is 0 Å². The molecule has 0 bridgehead atoms. The molecular weight excluding hydrogens is 589 g/mol. The van der Waals surface area contributed by atoms with Gasteiger partial charge in [-0.25, -0.2) is 24.9 Å². The summed E-state index contributed by atoms with van der Waals surface area (Å²) in [4.78, 5) is 24.6. The van der Waals surface area contributed by atoms with Crippen molar-refractivity contribution in [1.29, 1.82) is 5.26 Å². The van der Waals surface area contributed by atoms with Gasteiger partial charge in [-0.2, -0.15) is 5.26 Å². The zero-order chi connectivity index (χ0) is 32.3. The Hall–Kier alpha value is -6.84. The van der Waals surface area contributed by atoms with Crippen molar-refractivity contribution in [3.05, 3.63) is 163 Å². The van der Waals surface area contributed by atoms with Gasteiger partial charge in [0.15, 0.2) is 17.5 Å². The van der Waals surface area contributed by atoms with Crippen molar-refractivity contribution in [2.75, 3.05) is 0 Å². The van der Waals surface area contributed by atoms with Gasteiger partial charge >= 0.3 is 0 Å². The Labute approximate surface area is 277 Å². The fraction of sp³-hybridized carbons (Fsp3) is 0. The Balaban J connectivity index is 1.18. The number of nitriles is 1. The molecule has 6 heteroatoms. The molecule has 48 heavy (non-hydrogen) atoms. The van der Waals surface area contributed by atoms with Gasteiger partial charge in [0.1, 0.15) is 0 Å². The summed E-state index contributed by atoms with van der Waals surface area (Å²) < 4.78 is 0. The number of hydrogen-bond acceptors (Lipinski definition) is 6. The fourth-order valence-corrected chi connectivity index (χ4v) is 5.70. The topological polar surface area (TPSA) is 88.2 Å². The van der Waals surface area contributed by atoms with Gasteiger partial charge in [0.05, 0.1) is 34.1 Å². The maximum atomic E-state index is 9.32. The van der Waals surface area contributed by atoms with Gasteiger partial charge in [-0.15, -0.1) is 0 Å². The van der Waals surface area contributed by atoms with Gasteiger partial charge < -0.3 is 0 Å². The molecule has 224 valence electrons. The summed E-state index contributed by atoms with van der Waals surface area (Å²) in [5, 5.41) is 9.32. The van der Waals surface area contributed by atoms with E-state index in [9.17, 15) is 5.26 Å². The predicted octanol–water partition coefficient (Wildman–Crippen LogP) is 9.69. The molecule has 0 saturated heterocycles. The van der Waals surface area contributed by atoms with Crippen LogP contribution in [0.1, 0.15) is 5.56 Å². The van der Waals surface area contributed by atoms with E-state index in [2.05, 4.69) is 48.5 Å². The average Bonchev–Trinajstić information content (AvgIpc) is 3.18. The van der Waals surface area contributed by atoms with Crippen LogP contribution in [-0.4, -0.2) is 24.9 Å². The van der Waals surface area contributed by atoms with Crippen molar-refractivity contribution in [2.24, 2.45) is 0 Å². The van der Waals surface area contributed by atoms with Gasteiger partial charge in [-0.05, 0) is 41.5 Å². The maximum absolute atomic E-state index is 9.32. The van der Waals surface area contributed by atoms with Crippen LogP contribution in [0.2, 0.25) is 0 Å². The number of benzene rings is 6. The van der Waals surface area contributed by atoms with Crippen LogP contribution >= 0.6 is 0 Å². The molecule has 0 atom stereocenters. The number of hydrogen-bond donors (Lipinski definition) is 0. The monoisotopic (exact) mass is 614 g/mol. The fourth-order valence-electron chi connectivity index (χ4n) is 5.70. The van der Waals surface area contributed by atoms with Crippen molar-refractivity contribution >= 4 is 11.0 Å². The third kappa shape index (κ3) is 5.68. The summed E-state index contributed by atoms with van der Waals surface area (Å²) in [5.41, 5.74) is 10.5. The maximum Gasteiger partial charge on any atom is 0.164 e. The van der Waals surface area contributed by atoms with Crippen LogP contribution in [0, 0.1) is 11.3 Å². The molecule has 2 aromatic heterocycles. The van der Waals surface area contributed by atoms with E-state index in [1.807, 2.05) is 115 Å². The Morgan fingerprint density at radius 1 is 0.333 bits per heavy atom. The van der Waals surface area contributed by atoms with E-state index in [1.165, 1.54) is 0 Å². The van der Waals surface area contributed by atoms with Crippen LogP contribution in [0.25, 0.3) is 78.8 Å². The molecule has 0 aliphatic heterocycles. The molecule has 0 fully saturated rings. The molecule has 8 rings (SSSR count). The highest BCUT2D eigenvalue weighted by Gasteiger charge is 2.15. The van der Waals surface area contributed by atoms with E-state index in [0.717, 1.165) is 61.4 Å². The number of para-hydroxylation sites is 2. The lowest BCUT2D eigenvalue weighted by Crippen LogP contribution is -2.00. The molecule has 2 heterocycles. The number of rotatable bonds is 6. The Bertz CT molecular complexity index is 2380. The summed E-state index contributed by atoms with van der Waals surface area (Å²) >= 11 is 0. The molecule has 6 nitrogen and oxygen atoms in total. The number of nitrogens with zero attached hydrogens (tertiary/aromatic N) is 6. The van der Waals surface area contributed by atoms with Gasteiger partial charge in [0, 0.05) is 27.8 Å². The third-order valence-corrected chi connectivity index (χ3v) is 8.17. The first-order valence-electron chi connectivity index (χ1n) is 15.6. The molecule has 0 aliphatic carbocycles. The lowest BCUT2D eigenvalue weighted by Gasteiger charge is -2.12. The molecule has 0 unspecified atom stereocenters. The Morgan fingerprint density at radius 3 is 1.29 bits per heavy atom. The second kappa shape index (κ2) is 12.5. The molecule has 0 saturated carbocycles. The largest absolute Gasteiger partial charge is 0.244 e. The Morgan fingerprint density at radius 2 is 0.750 bits per heavy atom. The van der Waals surface area contributed by atoms with E-state index in [1.54, 1.807) is 0 Å². The summed E-state index contributed by atoms with van der Waals surface area (Å²) in [6.45, 7) is 0. The van der Waals surface area contributed by atoms with E-state index >= 15 is 0 Å². The molecule has 0 spiro atoms. The van der Waals surface area contributed by atoms with Gasteiger partial charge in [0.25, 0.3) is 0 Å². The summed E-state index contributed by atoms with van der Waals surface area (Å²) in [7, 11) is 0. The van der Waals surface area contributed by atoms with Crippen molar-refractivity contribution < 1.29 is 0 Å². The first-order chi connectivity index (χ1) is 23.7. The third-order valence-electron chi connectivity index (χ3n) is 8.17. The van der Waals surface area contributed by atoms with Crippen molar-refractivity contribution in [1.82, 2.24) is 24.9 Å². The van der Waals surface area contributed by atoms with Crippen LogP contribution < -0.4 is 0 Å². The quantitative estimate of drug-likeness (QED) is 0.185. The standard InChI is InChI=1S/C42H26N6/c43-27-28-18-20-30(21-19-28)38-39(45-37-17-8-7-16-36(37)44-38)35-15-9-14-34(26-35)29-22-24-33(25-23-29)42-47-40(31-10-3-1-4-11-31)46-41(48-42)32-12-5-2-6-13-32/h1-26H. The molecule has 0 aliphatic rings. The van der Waals surface area contributed by atoms with Gasteiger partial charge in [-0.3, -0.25) is 0 Å². The van der Waals surface area contributed by atoms with Crippen molar-refractivity contribution in [3.8, 4) is 73.9 Å². The molecule has 6 aromatic carbocycles. The normalized spacial score (nSPS) is 10.9. The molecule has 0 radical (unpaired) electrons. The minimum atomic E-state index is 0.601. The smallest absolute Gasteiger partial charge is 0.164 e. The summed E-state index contributed by atoms with van der Waals surface area (Å²) in [5.74, 6) is 1.87.